The molecule has 3 aromatic rings. The number of hydrogen-bond acceptors (Lipinski definition) is 4. The molecular formula is C18H18N4O2S. The summed E-state index contributed by atoms with van der Waals surface area (Å²) in [6.07, 6.45) is 1.48. The van der Waals surface area contributed by atoms with Crippen molar-refractivity contribution in [2.75, 3.05) is 0 Å². The molecule has 3 rings (SSSR count). The topological polar surface area (TPSA) is 76.3 Å². The Hall–Kier alpha value is -2.93. The second-order valence-corrected chi connectivity index (χ2v) is 7.16. The summed E-state index contributed by atoms with van der Waals surface area (Å²) >= 11 is 0. The summed E-state index contributed by atoms with van der Waals surface area (Å²) in [6.45, 7) is 3.78. The van der Waals surface area contributed by atoms with Crippen molar-refractivity contribution in [2.45, 2.75) is 18.7 Å². The van der Waals surface area contributed by atoms with Gasteiger partial charge in [0.05, 0.1) is 28.2 Å². The molecule has 6 nitrogen and oxygen atoms in total. The van der Waals surface area contributed by atoms with Crippen LogP contribution in [0.3, 0.4) is 0 Å². The highest BCUT2D eigenvalue weighted by atomic mass is 32.2. The first kappa shape index (κ1) is 16.9. The molecule has 1 aromatic heterocycles. The molecule has 0 aliphatic rings. The lowest BCUT2D eigenvalue weighted by Crippen LogP contribution is -2.18. The minimum absolute atomic E-state index is 0.167. The number of rotatable bonds is 5. The maximum atomic E-state index is 12.2. The molecule has 1 heterocycles. The molecule has 0 amide bonds. The molecule has 128 valence electrons. The first-order chi connectivity index (χ1) is 12.0. The van der Waals surface area contributed by atoms with Crippen molar-refractivity contribution < 1.29 is 8.42 Å². The van der Waals surface area contributed by atoms with Crippen LogP contribution in [0.5, 0.6) is 0 Å². The van der Waals surface area contributed by atoms with E-state index in [4.69, 9.17) is 0 Å². The van der Waals surface area contributed by atoms with E-state index < -0.39 is 10.0 Å². The van der Waals surface area contributed by atoms with E-state index in [2.05, 4.69) is 15.0 Å². The van der Waals surface area contributed by atoms with Crippen molar-refractivity contribution in [3.63, 3.8) is 0 Å². The number of hydrogen-bond donors (Lipinski definition) is 1. The van der Waals surface area contributed by atoms with Gasteiger partial charge in [0.25, 0.3) is 10.0 Å². The van der Waals surface area contributed by atoms with Crippen LogP contribution < -0.4 is 4.83 Å². The number of nitrogens with zero attached hydrogens (tertiary/aromatic N) is 3. The van der Waals surface area contributed by atoms with E-state index in [-0.39, 0.29) is 4.90 Å². The summed E-state index contributed by atoms with van der Waals surface area (Å²) in [5, 5.41) is 8.40. The number of nitrogens with one attached hydrogen (secondary N) is 1. The van der Waals surface area contributed by atoms with E-state index in [1.807, 2.05) is 48.9 Å². The fraction of sp³-hybridized carbons (Fsp3) is 0.111. The molecule has 0 unspecified atom stereocenters. The third-order valence-electron chi connectivity index (χ3n) is 3.77. The number of hydrazone groups is 1. The van der Waals surface area contributed by atoms with Gasteiger partial charge in [-0.05, 0) is 38.1 Å². The van der Waals surface area contributed by atoms with Crippen molar-refractivity contribution in [2.24, 2.45) is 5.10 Å². The van der Waals surface area contributed by atoms with E-state index in [0.29, 0.717) is 0 Å². The Balaban J connectivity index is 1.84. The number of para-hydroxylation sites is 1. The van der Waals surface area contributed by atoms with E-state index in [0.717, 1.165) is 22.6 Å². The normalized spacial score (nSPS) is 11.8. The van der Waals surface area contributed by atoms with Gasteiger partial charge in [-0.25, -0.2) is 9.51 Å². The molecule has 2 aromatic carbocycles. The van der Waals surface area contributed by atoms with Gasteiger partial charge in [0, 0.05) is 5.56 Å². The minimum atomic E-state index is -3.68. The van der Waals surface area contributed by atoms with Gasteiger partial charge in [-0.2, -0.15) is 18.6 Å². The average molecular weight is 354 g/mol. The molecule has 0 spiro atoms. The molecule has 0 atom stereocenters. The molecular weight excluding hydrogens is 336 g/mol. The maximum absolute atomic E-state index is 12.2. The fourth-order valence-electron chi connectivity index (χ4n) is 2.47. The summed E-state index contributed by atoms with van der Waals surface area (Å²) in [4.78, 5) is 2.40. The van der Waals surface area contributed by atoms with Crippen LogP contribution in [0, 0.1) is 13.8 Å². The zero-order valence-corrected chi connectivity index (χ0v) is 14.7. The van der Waals surface area contributed by atoms with Crippen LogP contribution in [-0.4, -0.2) is 24.4 Å². The molecule has 25 heavy (non-hydrogen) atoms. The first-order valence-corrected chi connectivity index (χ1v) is 9.19. The predicted octanol–water partition coefficient (Wildman–Crippen LogP) is 2.80. The SMILES string of the molecule is Cc1nn(-c2ccccc2)c(C)c1/C=N\NS(=O)(=O)c1ccccc1. The summed E-state index contributed by atoms with van der Waals surface area (Å²) in [7, 11) is -3.68. The maximum Gasteiger partial charge on any atom is 0.276 e. The Morgan fingerprint density at radius 2 is 1.60 bits per heavy atom. The van der Waals surface area contributed by atoms with Gasteiger partial charge in [-0.3, -0.25) is 0 Å². The summed E-state index contributed by atoms with van der Waals surface area (Å²) in [5.41, 5.74) is 3.36. The summed E-state index contributed by atoms with van der Waals surface area (Å²) in [6, 6.07) is 17.8. The van der Waals surface area contributed by atoms with Crippen molar-refractivity contribution in [1.82, 2.24) is 14.6 Å². The largest absolute Gasteiger partial charge is 0.276 e. The van der Waals surface area contributed by atoms with E-state index in [1.54, 1.807) is 18.2 Å². The fourth-order valence-corrected chi connectivity index (χ4v) is 3.29. The van der Waals surface area contributed by atoms with Crippen molar-refractivity contribution in [3.8, 4) is 5.69 Å². The minimum Gasteiger partial charge on any atom is -0.237 e. The molecule has 1 N–H and O–H groups in total. The molecule has 7 heteroatoms. The van der Waals surface area contributed by atoms with Gasteiger partial charge in [0.15, 0.2) is 0 Å². The Morgan fingerprint density at radius 1 is 1.00 bits per heavy atom. The summed E-state index contributed by atoms with van der Waals surface area (Å²) < 4.78 is 26.2. The van der Waals surface area contributed by atoms with Gasteiger partial charge in [0.1, 0.15) is 0 Å². The van der Waals surface area contributed by atoms with Crippen molar-refractivity contribution in [3.05, 3.63) is 77.6 Å². The zero-order valence-electron chi connectivity index (χ0n) is 13.9. The van der Waals surface area contributed by atoms with Gasteiger partial charge in [-0.15, -0.1) is 0 Å². The smallest absolute Gasteiger partial charge is 0.237 e. The molecule has 0 radical (unpaired) electrons. The molecule has 0 aliphatic carbocycles. The number of aryl methyl sites for hydroxylation is 1. The van der Waals surface area contributed by atoms with Crippen LogP contribution in [-0.2, 0) is 10.0 Å². The highest BCUT2D eigenvalue weighted by molar-refractivity contribution is 7.89. The van der Waals surface area contributed by atoms with Crippen LogP contribution in [0.1, 0.15) is 17.0 Å². The van der Waals surface area contributed by atoms with Crippen LogP contribution in [0.25, 0.3) is 5.69 Å². The lowest BCUT2D eigenvalue weighted by molar-refractivity contribution is 0.584. The highest BCUT2D eigenvalue weighted by Crippen LogP contribution is 2.16. The first-order valence-electron chi connectivity index (χ1n) is 7.70. The second kappa shape index (κ2) is 6.90. The lowest BCUT2D eigenvalue weighted by atomic mass is 10.2. The molecule has 0 saturated heterocycles. The standard InChI is InChI=1S/C18H18N4O2S/c1-14-18(15(2)22(20-14)16-9-5-3-6-10-16)13-19-21-25(23,24)17-11-7-4-8-12-17/h3-13,21H,1-2H3/b19-13-. The zero-order chi connectivity index (χ0) is 17.9. The molecule has 0 fully saturated rings. The molecule has 0 bridgehead atoms. The van der Waals surface area contributed by atoms with E-state index >= 15 is 0 Å². The van der Waals surface area contributed by atoms with Crippen LogP contribution >= 0.6 is 0 Å². The Labute approximate surface area is 146 Å². The van der Waals surface area contributed by atoms with Crippen LogP contribution in [0.15, 0.2) is 70.7 Å². The number of benzene rings is 2. The van der Waals surface area contributed by atoms with Gasteiger partial charge in [-0.1, -0.05) is 36.4 Å². The highest BCUT2D eigenvalue weighted by Gasteiger charge is 2.13. The van der Waals surface area contributed by atoms with Crippen molar-refractivity contribution >= 4 is 16.2 Å². The number of sulfonamides is 1. The molecule has 0 saturated carbocycles. The van der Waals surface area contributed by atoms with Crippen molar-refractivity contribution in [1.29, 1.82) is 0 Å². The van der Waals surface area contributed by atoms with Crippen LogP contribution in [0.4, 0.5) is 0 Å². The second-order valence-electron chi connectivity index (χ2n) is 5.50. The average Bonchev–Trinajstić information content (AvgIpc) is 2.91. The monoisotopic (exact) mass is 354 g/mol. The lowest BCUT2D eigenvalue weighted by Gasteiger charge is -2.04. The third kappa shape index (κ3) is 3.61. The Morgan fingerprint density at radius 3 is 2.24 bits per heavy atom. The Kier molecular flexibility index (Phi) is 4.67. The van der Waals surface area contributed by atoms with Gasteiger partial charge >= 0.3 is 0 Å². The Bertz CT molecular complexity index is 994. The van der Waals surface area contributed by atoms with E-state index in [1.165, 1.54) is 18.3 Å². The van der Waals surface area contributed by atoms with Crippen LogP contribution in [0.2, 0.25) is 0 Å². The quantitative estimate of drug-likeness (QED) is 0.565. The third-order valence-corrected chi connectivity index (χ3v) is 5.01. The number of aromatic nitrogens is 2. The predicted molar refractivity (Wildman–Crippen MR) is 97.4 cm³/mol. The van der Waals surface area contributed by atoms with Gasteiger partial charge < -0.3 is 0 Å². The summed E-state index contributed by atoms with van der Waals surface area (Å²) in [5.74, 6) is 0. The molecule has 0 aliphatic heterocycles. The van der Waals surface area contributed by atoms with E-state index in [9.17, 15) is 8.42 Å². The van der Waals surface area contributed by atoms with Gasteiger partial charge in [0.2, 0.25) is 0 Å².